The van der Waals surface area contributed by atoms with Crippen molar-refractivity contribution >= 4 is 17.4 Å². The molecule has 1 rings (SSSR count). The van der Waals surface area contributed by atoms with E-state index in [0.29, 0.717) is 6.61 Å². The molecule has 0 aliphatic rings. The van der Waals surface area contributed by atoms with Gasteiger partial charge >= 0.3 is 0 Å². The van der Waals surface area contributed by atoms with E-state index in [4.69, 9.17) is 4.74 Å². The van der Waals surface area contributed by atoms with Gasteiger partial charge in [-0.3, -0.25) is 0 Å². The van der Waals surface area contributed by atoms with Crippen molar-refractivity contribution < 1.29 is 4.74 Å². The largest absolute Gasteiger partial charge is 0.385 e. The number of hydrogen-bond donors (Lipinski definition) is 1. The third-order valence-electron chi connectivity index (χ3n) is 2.32. The molecule has 0 atom stereocenters. The summed E-state index contributed by atoms with van der Waals surface area (Å²) in [4.78, 5) is 0. The van der Waals surface area contributed by atoms with Gasteiger partial charge in [0.05, 0.1) is 6.61 Å². The van der Waals surface area contributed by atoms with E-state index in [9.17, 15) is 0 Å². The molecule has 90 valence electrons. The van der Waals surface area contributed by atoms with Crippen molar-refractivity contribution in [2.75, 3.05) is 30.5 Å². The molecule has 0 unspecified atom stereocenters. The molecule has 0 bridgehead atoms. The molecule has 0 aliphatic carbocycles. The molecule has 1 aromatic rings. The summed E-state index contributed by atoms with van der Waals surface area (Å²) in [7, 11) is 0. The second kappa shape index (κ2) is 8.48. The summed E-state index contributed by atoms with van der Waals surface area (Å²) in [5.74, 6) is 1.21. The fourth-order valence-corrected chi connectivity index (χ4v) is 1.90. The first-order valence-electron chi connectivity index (χ1n) is 5.77. The van der Waals surface area contributed by atoms with E-state index in [-0.39, 0.29) is 0 Å². The number of ether oxygens (including phenoxy) is 1. The highest BCUT2D eigenvalue weighted by molar-refractivity contribution is 7.98. The van der Waals surface area contributed by atoms with E-state index in [0.717, 1.165) is 13.2 Å². The Hall–Kier alpha value is -0.670. The number of nitrogens with one attached hydrogen (secondary N) is 1. The molecule has 0 aliphatic heterocycles. The lowest BCUT2D eigenvalue weighted by Gasteiger charge is -2.11. The van der Waals surface area contributed by atoms with E-state index in [1.54, 1.807) is 0 Å². The molecule has 2 nitrogen and oxygen atoms in total. The fraction of sp³-hybridized carbons (Fsp3) is 0.538. The highest BCUT2D eigenvalue weighted by Gasteiger charge is 2.00. The first-order chi connectivity index (χ1) is 7.88. The summed E-state index contributed by atoms with van der Waals surface area (Å²) in [5.41, 5.74) is 2.45. The van der Waals surface area contributed by atoms with Crippen molar-refractivity contribution in [3.8, 4) is 0 Å². The van der Waals surface area contributed by atoms with Gasteiger partial charge < -0.3 is 10.1 Å². The maximum Gasteiger partial charge on any atom is 0.0736 e. The number of thioether (sulfide) groups is 1. The Morgan fingerprint density at radius 3 is 2.88 bits per heavy atom. The predicted octanol–water partition coefficient (Wildman–Crippen LogP) is 3.39. The average molecular weight is 239 g/mol. The van der Waals surface area contributed by atoms with Gasteiger partial charge in [-0.25, -0.2) is 0 Å². The second-order valence-corrected chi connectivity index (χ2v) is 4.55. The summed E-state index contributed by atoms with van der Waals surface area (Å²) >= 11 is 1.89. The van der Waals surface area contributed by atoms with Crippen molar-refractivity contribution in [3.63, 3.8) is 0 Å². The fourth-order valence-electron chi connectivity index (χ4n) is 1.47. The minimum absolute atomic E-state index is 0.697. The topological polar surface area (TPSA) is 21.3 Å². The van der Waals surface area contributed by atoms with Crippen molar-refractivity contribution in [1.82, 2.24) is 0 Å². The van der Waals surface area contributed by atoms with E-state index >= 15 is 0 Å². The molecule has 0 fully saturated rings. The van der Waals surface area contributed by atoms with E-state index in [1.807, 2.05) is 18.7 Å². The molecule has 0 aromatic heterocycles. The molecule has 0 spiro atoms. The van der Waals surface area contributed by atoms with Crippen LogP contribution in [-0.2, 0) is 11.3 Å². The minimum Gasteiger partial charge on any atom is -0.385 e. The number of rotatable bonds is 8. The van der Waals surface area contributed by atoms with Crippen molar-refractivity contribution in [3.05, 3.63) is 29.8 Å². The van der Waals surface area contributed by atoms with Gasteiger partial charge in [-0.15, -0.1) is 0 Å². The van der Waals surface area contributed by atoms with Crippen LogP contribution in [0.3, 0.4) is 0 Å². The number of hydrogen-bond acceptors (Lipinski definition) is 3. The molecular weight excluding hydrogens is 218 g/mol. The lowest BCUT2D eigenvalue weighted by atomic mass is 10.2. The molecule has 0 saturated heterocycles. The Morgan fingerprint density at radius 1 is 1.31 bits per heavy atom. The van der Waals surface area contributed by atoms with Crippen molar-refractivity contribution in [2.24, 2.45) is 0 Å². The molecular formula is C13H21NOS. The van der Waals surface area contributed by atoms with E-state index in [1.165, 1.54) is 23.4 Å². The van der Waals surface area contributed by atoms with Crippen LogP contribution in [0.4, 0.5) is 5.69 Å². The summed E-state index contributed by atoms with van der Waals surface area (Å²) in [6.07, 6.45) is 3.34. The van der Waals surface area contributed by atoms with Crippen LogP contribution < -0.4 is 5.32 Å². The van der Waals surface area contributed by atoms with Crippen LogP contribution >= 0.6 is 11.8 Å². The van der Waals surface area contributed by atoms with Crippen molar-refractivity contribution in [1.29, 1.82) is 0 Å². The van der Waals surface area contributed by atoms with Gasteiger partial charge in [-0.1, -0.05) is 18.2 Å². The zero-order valence-corrected chi connectivity index (χ0v) is 11.0. The summed E-state index contributed by atoms with van der Waals surface area (Å²) in [6.45, 7) is 4.52. The van der Waals surface area contributed by atoms with Crippen LogP contribution in [0.15, 0.2) is 24.3 Å². The van der Waals surface area contributed by atoms with Gasteiger partial charge in [0, 0.05) is 24.4 Å². The van der Waals surface area contributed by atoms with Crippen LogP contribution in [0.2, 0.25) is 0 Å². The van der Waals surface area contributed by atoms with Crippen molar-refractivity contribution in [2.45, 2.75) is 20.0 Å². The first kappa shape index (κ1) is 13.4. The zero-order valence-electron chi connectivity index (χ0n) is 10.2. The maximum atomic E-state index is 5.44. The second-order valence-electron chi connectivity index (χ2n) is 3.57. The molecule has 0 saturated carbocycles. The Bertz CT molecular complexity index is 291. The third kappa shape index (κ3) is 4.90. The van der Waals surface area contributed by atoms with Gasteiger partial charge in [-0.05, 0) is 31.4 Å². The summed E-state index contributed by atoms with van der Waals surface area (Å²) in [6, 6.07) is 8.35. The molecule has 1 N–H and O–H groups in total. The van der Waals surface area contributed by atoms with Gasteiger partial charge in [-0.2, -0.15) is 11.8 Å². The van der Waals surface area contributed by atoms with Gasteiger partial charge in [0.1, 0.15) is 0 Å². The third-order valence-corrected chi connectivity index (χ3v) is 3.02. The Kier molecular flexibility index (Phi) is 7.10. The quantitative estimate of drug-likeness (QED) is 0.703. The number of benzene rings is 1. The normalized spacial score (nSPS) is 10.4. The molecule has 16 heavy (non-hydrogen) atoms. The smallest absolute Gasteiger partial charge is 0.0736 e. The number of para-hydroxylation sites is 1. The van der Waals surface area contributed by atoms with Gasteiger partial charge in [0.2, 0.25) is 0 Å². The zero-order chi connectivity index (χ0) is 11.6. The standard InChI is InChI=1S/C13H21NOS/c1-3-15-11-12-7-4-5-8-13(12)14-9-6-10-16-2/h4-5,7-8,14H,3,6,9-11H2,1-2H3. The molecule has 0 heterocycles. The Labute approximate surface area is 103 Å². The molecule has 3 heteroatoms. The van der Waals surface area contributed by atoms with Crippen LogP contribution in [0.5, 0.6) is 0 Å². The first-order valence-corrected chi connectivity index (χ1v) is 7.16. The number of anilines is 1. The van der Waals surface area contributed by atoms with Crippen LogP contribution in [0.25, 0.3) is 0 Å². The highest BCUT2D eigenvalue weighted by Crippen LogP contribution is 2.16. The molecule has 0 amide bonds. The summed E-state index contributed by atoms with van der Waals surface area (Å²) in [5, 5.41) is 3.46. The molecule has 0 radical (unpaired) electrons. The Morgan fingerprint density at radius 2 is 2.12 bits per heavy atom. The molecule has 1 aromatic carbocycles. The minimum atomic E-state index is 0.697. The van der Waals surface area contributed by atoms with Gasteiger partial charge in [0.15, 0.2) is 0 Å². The van der Waals surface area contributed by atoms with Gasteiger partial charge in [0.25, 0.3) is 0 Å². The SMILES string of the molecule is CCOCc1ccccc1NCCCSC. The summed E-state index contributed by atoms with van der Waals surface area (Å²) < 4.78 is 5.44. The lowest BCUT2D eigenvalue weighted by Crippen LogP contribution is -2.05. The predicted molar refractivity (Wildman–Crippen MR) is 73.3 cm³/mol. The van der Waals surface area contributed by atoms with E-state index < -0.39 is 0 Å². The van der Waals surface area contributed by atoms with Crippen LogP contribution in [0.1, 0.15) is 18.9 Å². The van der Waals surface area contributed by atoms with Crippen LogP contribution in [-0.4, -0.2) is 25.2 Å². The van der Waals surface area contributed by atoms with Crippen LogP contribution in [0, 0.1) is 0 Å². The average Bonchev–Trinajstić information content (AvgIpc) is 2.33. The highest BCUT2D eigenvalue weighted by atomic mass is 32.2. The Balaban J connectivity index is 2.43. The lowest BCUT2D eigenvalue weighted by molar-refractivity contribution is 0.134. The van der Waals surface area contributed by atoms with E-state index in [2.05, 4.69) is 35.8 Å². The maximum absolute atomic E-state index is 5.44. The monoisotopic (exact) mass is 239 g/mol.